The van der Waals surface area contributed by atoms with Crippen LogP contribution in [-0.4, -0.2) is 26.3 Å². The summed E-state index contributed by atoms with van der Waals surface area (Å²) in [7, 11) is 0. The van der Waals surface area contributed by atoms with Gasteiger partial charge in [0, 0.05) is 6.20 Å². The first-order chi connectivity index (χ1) is 11.5. The molecule has 3 unspecified atom stereocenters. The molecular formula is C18H25N3O3. The summed E-state index contributed by atoms with van der Waals surface area (Å²) in [5, 5.41) is 4.18. The van der Waals surface area contributed by atoms with Crippen LogP contribution in [0.3, 0.4) is 0 Å². The molecule has 0 bridgehead atoms. The van der Waals surface area contributed by atoms with Crippen molar-refractivity contribution in [2.24, 2.45) is 17.8 Å². The summed E-state index contributed by atoms with van der Waals surface area (Å²) in [4.78, 5) is 24.6. The fourth-order valence-corrected chi connectivity index (χ4v) is 3.65. The highest BCUT2D eigenvalue weighted by Gasteiger charge is 2.33. The minimum Gasteiger partial charge on any atom is -0.461 e. The van der Waals surface area contributed by atoms with Gasteiger partial charge in [-0.3, -0.25) is 9.20 Å². The van der Waals surface area contributed by atoms with E-state index in [9.17, 15) is 9.59 Å². The van der Waals surface area contributed by atoms with Crippen LogP contribution in [0.5, 0.6) is 0 Å². The van der Waals surface area contributed by atoms with Gasteiger partial charge in [-0.15, -0.1) is 5.10 Å². The van der Waals surface area contributed by atoms with Gasteiger partial charge in [-0.1, -0.05) is 33.3 Å². The van der Waals surface area contributed by atoms with E-state index in [1.54, 1.807) is 24.4 Å². The number of nitrogens with zero attached hydrogens (tertiary/aromatic N) is 3. The molecular weight excluding hydrogens is 306 g/mol. The summed E-state index contributed by atoms with van der Waals surface area (Å²) in [5.41, 5.74) is 0.210. The van der Waals surface area contributed by atoms with Gasteiger partial charge in [0.15, 0.2) is 5.65 Å². The van der Waals surface area contributed by atoms with E-state index in [1.807, 2.05) is 0 Å². The Hall–Kier alpha value is -2.11. The molecule has 24 heavy (non-hydrogen) atoms. The van der Waals surface area contributed by atoms with Gasteiger partial charge in [-0.05, 0) is 42.7 Å². The van der Waals surface area contributed by atoms with Crippen molar-refractivity contribution in [3.63, 3.8) is 0 Å². The van der Waals surface area contributed by atoms with Crippen molar-refractivity contribution >= 4 is 11.6 Å². The van der Waals surface area contributed by atoms with Gasteiger partial charge in [0.25, 0.3) is 0 Å². The molecule has 2 aromatic heterocycles. The maximum absolute atomic E-state index is 12.4. The van der Waals surface area contributed by atoms with Crippen LogP contribution in [0.15, 0.2) is 29.2 Å². The van der Waals surface area contributed by atoms with Crippen molar-refractivity contribution in [3.05, 3.63) is 34.9 Å². The summed E-state index contributed by atoms with van der Waals surface area (Å²) >= 11 is 0. The smallest absolute Gasteiger partial charge is 0.350 e. The van der Waals surface area contributed by atoms with Crippen LogP contribution in [0.4, 0.5) is 0 Å². The second-order valence-electron chi connectivity index (χ2n) is 7.22. The summed E-state index contributed by atoms with van der Waals surface area (Å²) in [5.74, 6) is 1.05. The van der Waals surface area contributed by atoms with Crippen molar-refractivity contribution in [1.29, 1.82) is 0 Å². The molecule has 2 aromatic rings. The van der Waals surface area contributed by atoms with E-state index in [-0.39, 0.29) is 24.3 Å². The number of rotatable bonds is 4. The molecule has 2 heterocycles. The van der Waals surface area contributed by atoms with Crippen LogP contribution in [0.2, 0.25) is 0 Å². The Kier molecular flexibility index (Phi) is 4.73. The number of hydrogen-bond donors (Lipinski definition) is 0. The number of hydrogen-bond acceptors (Lipinski definition) is 4. The first-order valence-corrected chi connectivity index (χ1v) is 8.69. The number of fused-ring (bicyclic) bond motifs is 1. The van der Waals surface area contributed by atoms with Gasteiger partial charge in [0.2, 0.25) is 0 Å². The second kappa shape index (κ2) is 6.79. The Balaban J connectivity index is 1.72. The lowest BCUT2D eigenvalue weighted by molar-refractivity contribution is -0.156. The molecule has 1 saturated carbocycles. The third-order valence-electron chi connectivity index (χ3n) is 5.01. The monoisotopic (exact) mass is 331 g/mol. The van der Waals surface area contributed by atoms with Crippen molar-refractivity contribution < 1.29 is 9.53 Å². The summed E-state index contributed by atoms with van der Waals surface area (Å²) in [6.07, 6.45) is 4.75. The molecule has 6 nitrogen and oxygen atoms in total. The molecule has 0 radical (unpaired) electrons. The first kappa shape index (κ1) is 16.7. The minimum absolute atomic E-state index is 0.0611. The largest absolute Gasteiger partial charge is 0.461 e. The molecule has 1 fully saturated rings. The van der Waals surface area contributed by atoms with Crippen LogP contribution in [-0.2, 0) is 16.1 Å². The maximum Gasteiger partial charge on any atom is 0.350 e. The highest BCUT2D eigenvalue weighted by Crippen LogP contribution is 2.35. The first-order valence-electron chi connectivity index (χ1n) is 8.69. The van der Waals surface area contributed by atoms with Crippen LogP contribution in [0.25, 0.3) is 5.65 Å². The van der Waals surface area contributed by atoms with Gasteiger partial charge in [-0.25, -0.2) is 9.48 Å². The molecule has 1 aliphatic carbocycles. The van der Waals surface area contributed by atoms with E-state index in [0.717, 1.165) is 12.8 Å². The topological polar surface area (TPSA) is 65.6 Å². The molecule has 0 saturated heterocycles. The van der Waals surface area contributed by atoms with E-state index in [1.165, 1.54) is 15.5 Å². The Bertz CT molecular complexity index is 777. The molecule has 0 N–H and O–H groups in total. The highest BCUT2D eigenvalue weighted by molar-refractivity contribution is 5.69. The van der Waals surface area contributed by atoms with Crippen LogP contribution >= 0.6 is 0 Å². The average molecular weight is 331 g/mol. The Morgan fingerprint density at radius 1 is 1.38 bits per heavy atom. The molecule has 3 atom stereocenters. The highest BCUT2D eigenvalue weighted by atomic mass is 16.5. The van der Waals surface area contributed by atoms with E-state index in [4.69, 9.17) is 4.74 Å². The zero-order valence-electron chi connectivity index (χ0n) is 14.5. The summed E-state index contributed by atoms with van der Waals surface area (Å²) < 4.78 is 8.34. The molecule has 3 rings (SSSR count). The third-order valence-corrected chi connectivity index (χ3v) is 5.01. The SMILES string of the molecule is CC1CCC(C(C)C)C(OC(=O)Cn2nc3ccccn3c2=O)C1. The fourth-order valence-electron chi connectivity index (χ4n) is 3.65. The number of carbonyl (C=O) groups excluding carboxylic acids is 1. The number of carbonyl (C=O) groups is 1. The van der Waals surface area contributed by atoms with E-state index in [0.29, 0.717) is 23.4 Å². The number of aromatic nitrogens is 3. The Labute approximate surface area is 141 Å². The van der Waals surface area contributed by atoms with Gasteiger partial charge >= 0.3 is 11.7 Å². The van der Waals surface area contributed by atoms with E-state index < -0.39 is 0 Å². The van der Waals surface area contributed by atoms with Crippen LogP contribution < -0.4 is 5.69 Å². The molecule has 0 amide bonds. The zero-order valence-corrected chi connectivity index (χ0v) is 14.5. The average Bonchev–Trinajstić information content (AvgIpc) is 2.83. The predicted molar refractivity (Wildman–Crippen MR) is 90.7 cm³/mol. The van der Waals surface area contributed by atoms with Crippen molar-refractivity contribution in [2.75, 3.05) is 0 Å². The normalized spacial score (nSPS) is 24.4. The molecule has 0 spiro atoms. The summed E-state index contributed by atoms with van der Waals surface area (Å²) in [6, 6.07) is 5.30. The second-order valence-corrected chi connectivity index (χ2v) is 7.22. The standard InChI is InChI=1S/C18H25N3O3/c1-12(2)14-8-7-13(3)10-15(14)24-17(22)11-21-18(23)20-9-5-4-6-16(20)19-21/h4-6,9,12-15H,7-8,10-11H2,1-3H3. The van der Waals surface area contributed by atoms with Crippen LogP contribution in [0.1, 0.15) is 40.0 Å². The van der Waals surface area contributed by atoms with E-state index >= 15 is 0 Å². The number of ether oxygens (including phenoxy) is 1. The maximum atomic E-state index is 12.4. The van der Waals surface area contributed by atoms with Gasteiger partial charge in [-0.2, -0.15) is 0 Å². The predicted octanol–water partition coefficient (Wildman–Crippen LogP) is 2.50. The van der Waals surface area contributed by atoms with E-state index in [2.05, 4.69) is 25.9 Å². The number of esters is 1. The quantitative estimate of drug-likeness (QED) is 0.808. The minimum atomic E-state index is -0.384. The molecule has 0 aromatic carbocycles. The molecule has 6 heteroatoms. The molecule has 130 valence electrons. The van der Waals surface area contributed by atoms with Crippen molar-refractivity contribution in [3.8, 4) is 0 Å². The molecule has 0 aliphatic heterocycles. The van der Waals surface area contributed by atoms with Gasteiger partial charge < -0.3 is 4.74 Å². The lowest BCUT2D eigenvalue weighted by atomic mass is 9.75. The van der Waals surface area contributed by atoms with Gasteiger partial charge in [0.1, 0.15) is 12.6 Å². The zero-order chi connectivity index (χ0) is 17.3. The fraction of sp³-hybridized carbons (Fsp3) is 0.611. The van der Waals surface area contributed by atoms with Gasteiger partial charge in [0.05, 0.1) is 0 Å². The Morgan fingerprint density at radius 2 is 2.17 bits per heavy atom. The number of pyridine rings is 1. The summed E-state index contributed by atoms with van der Waals surface area (Å²) in [6.45, 7) is 6.41. The third kappa shape index (κ3) is 3.37. The lowest BCUT2D eigenvalue weighted by Gasteiger charge is -2.36. The Morgan fingerprint density at radius 3 is 2.88 bits per heavy atom. The van der Waals surface area contributed by atoms with Crippen molar-refractivity contribution in [2.45, 2.75) is 52.7 Å². The lowest BCUT2D eigenvalue weighted by Crippen LogP contribution is -2.37. The molecule has 1 aliphatic rings. The van der Waals surface area contributed by atoms with Crippen molar-refractivity contribution in [1.82, 2.24) is 14.2 Å². The van der Waals surface area contributed by atoms with Crippen LogP contribution in [0, 0.1) is 17.8 Å².